The highest BCUT2D eigenvalue weighted by molar-refractivity contribution is 5.97. The van der Waals surface area contributed by atoms with Crippen LogP contribution in [0, 0.1) is 5.92 Å². The Morgan fingerprint density at radius 3 is 2.65 bits per heavy atom. The highest BCUT2D eigenvalue weighted by Crippen LogP contribution is 2.21. The van der Waals surface area contributed by atoms with Gasteiger partial charge >= 0.3 is 0 Å². The van der Waals surface area contributed by atoms with Crippen LogP contribution in [0.15, 0.2) is 35.3 Å². The summed E-state index contributed by atoms with van der Waals surface area (Å²) < 4.78 is 0. The Morgan fingerprint density at radius 2 is 1.96 bits per heavy atom. The SMILES string of the molecule is CCNC(=NCC1CCN(C)CC1)NC1CC(=O)N(c2ccccc2)C1. The molecular weight excluding hydrogens is 326 g/mol. The lowest BCUT2D eigenvalue weighted by Crippen LogP contribution is -2.45. The fourth-order valence-electron chi connectivity index (χ4n) is 3.64. The maximum atomic E-state index is 12.4. The van der Waals surface area contributed by atoms with Gasteiger partial charge in [0.2, 0.25) is 5.91 Å². The van der Waals surface area contributed by atoms with E-state index in [2.05, 4.69) is 29.5 Å². The van der Waals surface area contributed by atoms with Crippen LogP contribution in [0.4, 0.5) is 5.69 Å². The first-order valence-electron chi connectivity index (χ1n) is 9.74. The fourth-order valence-corrected chi connectivity index (χ4v) is 3.64. The number of guanidine groups is 1. The van der Waals surface area contributed by atoms with Gasteiger partial charge in [0.05, 0.1) is 6.04 Å². The molecule has 6 heteroatoms. The van der Waals surface area contributed by atoms with Gasteiger partial charge in [-0.3, -0.25) is 9.79 Å². The van der Waals surface area contributed by atoms with E-state index < -0.39 is 0 Å². The number of amides is 1. The van der Waals surface area contributed by atoms with E-state index in [-0.39, 0.29) is 11.9 Å². The molecule has 0 bridgehead atoms. The lowest BCUT2D eigenvalue weighted by molar-refractivity contribution is -0.117. The third kappa shape index (κ3) is 4.97. The molecule has 1 amide bonds. The molecule has 6 nitrogen and oxygen atoms in total. The number of para-hydroxylation sites is 1. The number of piperidine rings is 1. The fraction of sp³-hybridized carbons (Fsp3) is 0.600. The van der Waals surface area contributed by atoms with Crippen molar-refractivity contribution >= 4 is 17.6 Å². The number of carbonyl (C=O) groups excluding carboxylic acids is 1. The zero-order valence-corrected chi connectivity index (χ0v) is 15.9. The second kappa shape index (κ2) is 9.03. The largest absolute Gasteiger partial charge is 0.357 e. The van der Waals surface area contributed by atoms with Crippen LogP contribution >= 0.6 is 0 Å². The Bertz CT molecular complexity index is 610. The highest BCUT2D eigenvalue weighted by Gasteiger charge is 2.31. The number of nitrogens with one attached hydrogen (secondary N) is 2. The van der Waals surface area contributed by atoms with Gasteiger partial charge in [-0.15, -0.1) is 0 Å². The Labute approximate surface area is 156 Å². The first-order valence-corrected chi connectivity index (χ1v) is 9.74. The van der Waals surface area contributed by atoms with Crippen LogP contribution in [-0.4, -0.2) is 62.6 Å². The maximum Gasteiger partial charge on any atom is 0.229 e. The standard InChI is InChI=1S/C20H31N5O/c1-3-21-20(22-14-16-9-11-24(2)12-10-16)23-17-13-19(26)25(15-17)18-7-5-4-6-8-18/h4-8,16-17H,3,9-15H2,1-2H3,(H2,21,22,23). The van der Waals surface area contributed by atoms with E-state index in [9.17, 15) is 4.79 Å². The number of hydrogen-bond donors (Lipinski definition) is 2. The van der Waals surface area contributed by atoms with Crippen LogP contribution in [0.2, 0.25) is 0 Å². The van der Waals surface area contributed by atoms with Gasteiger partial charge in [-0.2, -0.15) is 0 Å². The summed E-state index contributed by atoms with van der Waals surface area (Å²) in [6, 6.07) is 9.98. The number of aliphatic imine (C=N–C) groups is 1. The van der Waals surface area contributed by atoms with E-state index in [1.807, 2.05) is 35.2 Å². The molecule has 0 aliphatic carbocycles. The molecule has 1 atom stereocenters. The zero-order valence-electron chi connectivity index (χ0n) is 15.9. The molecule has 0 aromatic heterocycles. The van der Waals surface area contributed by atoms with Gasteiger partial charge in [0.1, 0.15) is 0 Å². The molecule has 2 aliphatic heterocycles. The van der Waals surface area contributed by atoms with Crippen molar-refractivity contribution in [2.24, 2.45) is 10.9 Å². The van der Waals surface area contributed by atoms with E-state index in [0.717, 1.165) is 37.8 Å². The summed E-state index contributed by atoms with van der Waals surface area (Å²) in [4.78, 5) is 21.4. The quantitative estimate of drug-likeness (QED) is 0.622. The molecule has 0 saturated carbocycles. The van der Waals surface area contributed by atoms with Crippen molar-refractivity contribution in [3.8, 4) is 0 Å². The van der Waals surface area contributed by atoms with Crippen LogP contribution in [0.3, 0.4) is 0 Å². The van der Waals surface area contributed by atoms with Crippen molar-refractivity contribution in [2.45, 2.75) is 32.2 Å². The maximum absolute atomic E-state index is 12.4. The van der Waals surface area contributed by atoms with Crippen molar-refractivity contribution in [1.29, 1.82) is 0 Å². The number of likely N-dealkylation sites (tertiary alicyclic amines) is 1. The molecular formula is C20H31N5O. The number of nitrogens with zero attached hydrogens (tertiary/aromatic N) is 3. The van der Waals surface area contributed by atoms with Gasteiger partial charge in [-0.1, -0.05) is 18.2 Å². The molecule has 2 aliphatic rings. The molecule has 2 N–H and O–H groups in total. The lowest BCUT2D eigenvalue weighted by atomic mass is 9.97. The minimum Gasteiger partial charge on any atom is -0.357 e. The van der Waals surface area contributed by atoms with Gasteiger partial charge in [0.15, 0.2) is 5.96 Å². The van der Waals surface area contributed by atoms with Gasteiger partial charge < -0.3 is 20.4 Å². The molecule has 0 spiro atoms. The van der Waals surface area contributed by atoms with Crippen LogP contribution in [0.25, 0.3) is 0 Å². The zero-order chi connectivity index (χ0) is 18.4. The van der Waals surface area contributed by atoms with Gasteiger partial charge in [-0.25, -0.2) is 0 Å². The summed E-state index contributed by atoms with van der Waals surface area (Å²) in [5.41, 5.74) is 0.968. The minimum absolute atomic E-state index is 0.0954. The topological polar surface area (TPSA) is 60.0 Å². The van der Waals surface area contributed by atoms with Crippen molar-refractivity contribution in [2.75, 3.05) is 44.7 Å². The Hall–Kier alpha value is -2.08. The molecule has 3 rings (SSSR count). The minimum atomic E-state index is 0.0954. The van der Waals surface area contributed by atoms with Crippen LogP contribution in [0.5, 0.6) is 0 Å². The van der Waals surface area contributed by atoms with E-state index >= 15 is 0 Å². The molecule has 0 radical (unpaired) electrons. The Balaban J connectivity index is 1.56. The molecule has 26 heavy (non-hydrogen) atoms. The third-order valence-corrected chi connectivity index (χ3v) is 5.22. The highest BCUT2D eigenvalue weighted by atomic mass is 16.2. The number of benzene rings is 1. The van der Waals surface area contributed by atoms with Gasteiger partial charge in [-0.05, 0) is 58.0 Å². The number of carbonyl (C=O) groups is 1. The monoisotopic (exact) mass is 357 g/mol. The van der Waals surface area contributed by atoms with Gasteiger partial charge in [0, 0.05) is 31.7 Å². The van der Waals surface area contributed by atoms with Crippen LogP contribution in [-0.2, 0) is 4.79 Å². The number of anilines is 1. The predicted molar refractivity (Wildman–Crippen MR) is 107 cm³/mol. The van der Waals surface area contributed by atoms with Gasteiger partial charge in [0.25, 0.3) is 0 Å². The molecule has 1 aromatic carbocycles. The van der Waals surface area contributed by atoms with E-state index in [4.69, 9.17) is 4.99 Å². The molecule has 1 aromatic rings. The molecule has 1 unspecified atom stereocenters. The first-order chi connectivity index (χ1) is 12.7. The summed E-state index contributed by atoms with van der Waals surface area (Å²) in [5, 5.41) is 6.79. The Morgan fingerprint density at radius 1 is 1.23 bits per heavy atom. The average Bonchev–Trinajstić information content (AvgIpc) is 3.02. The molecule has 142 valence electrons. The summed E-state index contributed by atoms with van der Waals surface area (Å²) in [5.74, 6) is 1.66. The summed E-state index contributed by atoms with van der Waals surface area (Å²) in [6.07, 6.45) is 2.93. The van der Waals surface area contributed by atoms with Crippen molar-refractivity contribution in [3.63, 3.8) is 0 Å². The van der Waals surface area contributed by atoms with Crippen LogP contribution in [0.1, 0.15) is 26.2 Å². The summed E-state index contributed by atoms with van der Waals surface area (Å²) in [6.45, 7) is 6.75. The molecule has 2 fully saturated rings. The van der Waals surface area contributed by atoms with Crippen molar-refractivity contribution in [3.05, 3.63) is 30.3 Å². The van der Waals surface area contributed by atoms with Crippen molar-refractivity contribution in [1.82, 2.24) is 15.5 Å². The third-order valence-electron chi connectivity index (χ3n) is 5.22. The first kappa shape index (κ1) is 18.7. The van der Waals surface area contributed by atoms with E-state index in [1.165, 1.54) is 12.8 Å². The second-order valence-corrected chi connectivity index (χ2v) is 7.35. The summed E-state index contributed by atoms with van der Waals surface area (Å²) >= 11 is 0. The second-order valence-electron chi connectivity index (χ2n) is 7.35. The van der Waals surface area contributed by atoms with E-state index in [0.29, 0.717) is 18.9 Å². The van der Waals surface area contributed by atoms with Crippen LogP contribution < -0.4 is 15.5 Å². The summed E-state index contributed by atoms with van der Waals surface area (Å²) in [7, 11) is 2.18. The number of hydrogen-bond acceptors (Lipinski definition) is 3. The normalized spacial score (nSPS) is 22.7. The predicted octanol–water partition coefficient (Wildman–Crippen LogP) is 1.69. The molecule has 2 saturated heterocycles. The Kier molecular flexibility index (Phi) is 6.50. The average molecular weight is 358 g/mol. The lowest BCUT2D eigenvalue weighted by Gasteiger charge is -2.28. The number of rotatable bonds is 5. The molecule has 2 heterocycles. The smallest absolute Gasteiger partial charge is 0.229 e. The van der Waals surface area contributed by atoms with Crippen molar-refractivity contribution < 1.29 is 4.79 Å². The van der Waals surface area contributed by atoms with E-state index in [1.54, 1.807) is 0 Å².